The molecule has 0 spiro atoms. The molecule has 3 amide bonds. The SMILES string of the molecule is O=CNC(=O)NC(P)Cc1c[nH]c2ccccc12. The van der Waals surface area contributed by atoms with Gasteiger partial charge < -0.3 is 10.3 Å². The Hall–Kier alpha value is -1.87. The predicted octanol–water partition coefficient (Wildman–Crippen LogP) is 1.37. The summed E-state index contributed by atoms with van der Waals surface area (Å²) in [6.07, 6.45) is 2.96. The molecular weight excluding hydrogens is 249 g/mol. The molecule has 0 bridgehead atoms. The van der Waals surface area contributed by atoms with Crippen LogP contribution in [0.1, 0.15) is 5.56 Å². The topological polar surface area (TPSA) is 74.0 Å². The second-order valence-corrected chi connectivity index (χ2v) is 4.71. The van der Waals surface area contributed by atoms with Crippen molar-refractivity contribution in [3.05, 3.63) is 36.0 Å². The first kappa shape index (κ1) is 12.6. The average molecular weight is 263 g/mol. The van der Waals surface area contributed by atoms with Crippen LogP contribution in [-0.4, -0.2) is 23.2 Å². The number of hydrogen-bond acceptors (Lipinski definition) is 2. The van der Waals surface area contributed by atoms with Gasteiger partial charge in [0.15, 0.2) is 0 Å². The van der Waals surface area contributed by atoms with Crippen LogP contribution in [-0.2, 0) is 11.2 Å². The third-order valence-corrected chi connectivity index (χ3v) is 3.02. The third-order valence-electron chi connectivity index (χ3n) is 2.62. The van der Waals surface area contributed by atoms with Crippen LogP contribution in [0.5, 0.6) is 0 Å². The van der Waals surface area contributed by atoms with Crippen LogP contribution in [0.4, 0.5) is 4.79 Å². The maximum absolute atomic E-state index is 11.2. The number of fused-ring (bicyclic) bond motifs is 1. The molecule has 0 radical (unpaired) electrons. The van der Waals surface area contributed by atoms with E-state index in [9.17, 15) is 9.59 Å². The molecule has 94 valence electrons. The highest BCUT2D eigenvalue weighted by Crippen LogP contribution is 2.20. The van der Waals surface area contributed by atoms with E-state index in [2.05, 4.69) is 19.5 Å². The normalized spacial score (nSPS) is 12.1. The van der Waals surface area contributed by atoms with Gasteiger partial charge in [-0.15, -0.1) is 9.24 Å². The second kappa shape index (κ2) is 5.65. The Morgan fingerprint density at radius 1 is 1.44 bits per heavy atom. The number of imide groups is 1. The molecule has 0 fully saturated rings. The summed E-state index contributed by atoms with van der Waals surface area (Å²) in [6.45, 7) is 0. The fraction of sp³-hybridized carbons (Fsp3) is 0.167. The van der Waals surface area contributed by atoms with Crippen LogP contribution in [0, 0.1) is 0 Å². The number of urea groups is 1. The zero-order chi connectivity index (χ0) is 13.0. The van der Waals surface area contributed by atoms with Gasteiger partial charge in [-0.1, -0.05) is 18.2 Å². The van der Waals surface area contributed by atoms with Gasteiger partial charge in [0.1, 0.15) is 0 Å². The Labute approximate surface area is 107 Å². The number of aromatic amines is 1. The molecule has 0 saturated carbocycles. The van der Waals surface area contributed by atoms with Crippen molar-refractivity contribution in [2.75, 3.05) is 0 Å². The van der Waals surface area contributed by atoms with Gasteiger partial charge in [-0.05, 0) is 18.1 Å². The lowest BCUT2D eigenvalue weighted by Crippen LogP contribution is -2.39. The highest BCUT2D eigenvalue weighted by atomic mass is 31.0. The fourth-order valence-corrected chi connectivity index (χ4v) is 2.26. The summed E-state index contributed by atoms with van der Waals surface area (Å²) in [4.78, 5) is 24.5. The molecule has 0 aliphatic rings. The van der Waals surface area contributed by atoms with Gasteiger partial charge in [-0.25, -0.2) is 4.79 Å². The van der Waals surface area contributed by atoms with Gasteiger partial charge in [0, 0.05) is 22.9 Å². The van der Waals surface area contributed by atoms with Gasteiger partial charge in [0.05, 0.1) is 0 Å². The minimum Gasteiger partial charge on any atom is -0.361 e. The van der Waals surface area contributed by atoms with E-state index in [4.69, 9.17) is 0 Å². The number of H-pyrrole nitrogens is 1. The van der Waals surface area contributed by atoms with E-state index in [-0.39, 0.29) is 5.78 Å². The van der Waals surface area contributed by atoms with E-state index in [1.165, 1.54) is 0 Å². The lowest BCUT2D eigenvalue weighted by molar-refractivity contribution is -0.108. The first-order valence-electron chi connectivity index (χ1n) is 5.52. The fourth-order valence-electron chi connectivity index (χ4n) is 1.85. The van der Waals surface area contributed by atoms with E-state index >= 15 is 0 Å². The molecule has 5 nitrogen and oxygen atoms in total. The molecule has 2 unspecified atom stereocenters. The van der Waals surface area contributed by atoms with E-state index < -0.39 is 6.03 Å². The molecule has 3 N–H and O–H groups in total. The van der Waals surface area contributed by atoms with Gasteiger partial charge >= 0.3 is 6.03 Å². The Bertz CT molecular complexity index is 567. The number of hydrogen-bond donors (Lipinski definition) is 3. The van der Waals surface area contributed by atoms with Crippen LogP contribution in [0.15, 0.2) is 30.5 Å². The Kier molecular flexibility index (Phi) is 3.95. The third kappa shape index (κ3) is 2.87. The molecular formula is C12H14N3O2P. The number of nitrogens with one attached hydrogen (secondary N) is 3. The molecule has 18 heavy (non-hydrogen) atoms. The average Bonchev–Trinajstić information content (AvgIpc) is 2.73. The zero-order valence-corrected chi connectivity index (χ0v) is 10.8. The second-order valence-electron chi connectivity index (χ2n) is 3.91. The van der Waals surface area contributed by atoms with Crippen molar-refractivity contribution in [1.29, 1.82) is 0 Å². The molecule has 2 atom stereocenters. The van der Waals surface area contributed by atoms with Crippen LogP contribution in [0.2, 0.25) is 0 Å². The van der Waals surface area contributed by atoms with E-state index in [0.29, 0.717) is 12.8 Å². The number of aromatic nitrogens is 1. The number of para-hydroxylation sites is 1. The number of amides is 3. The quantitative estimate of drug-likeness (QED) is 0.575. The van der Waals surface area contributed by atoms with Crippen molar-refractivity contribution < 1.29 is 9.59 Å². The smallest absolute Gasteiger partial charge is 0.321 e. The van der Waals surface area contributed by atoms with Crippen molar-refractivity contribution in [1.82, 2.24) is 15.6 Å². The van der Waals surface area contributed by atoms with Crippen molar-refractivity contribution in [3.63, 3.8) is 0 Å². The monoisotopic (exact) mass is 263 g/mol. The van der Waals surface area contributed by atoms with E-state index in [1.54, 1.807) is 0 Å². The number of carbonyl (C=O) groups is 2. The molecule has 0 saturated heterocycles. The van der Waals surface area contributed by atoms with Crippen LogP contribution in [0.25, 0.3) is 10.9 Å². The number of rotatable bonds is 4. The summed E-state index contributed by atoms with van der Waals surface area (Å²) in [5.74, 6) is -0.135. The summed E-state index contributed by atoms with van der Waals surface area (Å²) in [5, 5.41) is 5.83. The van der Waals surface area contributed by atoms with Gasteiger partial charge in [-0.2, -0.15) is 0 Å². The molecule has 1 heterocycles. The first-order valence-corrected chi connectivity index (χ1v) is 6.18. The van der Waals surface area contributed by atoms with Crippen LogP contribution < -0.4 is 10.6 Å². The van der Waals surface area contributed by atoms with Gasteiger partial charge in [-0.3, -0.25) is 10.1 Å². The highest BCUT2D eigenvalue weighted by Gasteiger charge is 2.10. The molecule has 2 rings (SSSR count). The molecule has 0 aliphatic carbocycles. The standard InChI is InChI=1S/C12H14N3O2P/c16-7-14-12(17)15-11(18)5-8-6-13-10-4-2-1-3-9(8)10/h1-4,6-7,11,13H,5,18H2,(H2,14,15,16,17). The molecule has 2 aromatic rings. The Morgan fingerprint density at radius 3 is 3.00 bits per heavy atom. The van der Waals surface area contributed by atoms with Gasteiger partial charge in [0.2, 0.25) is 6.41 Å². The number of benzene rings is 1. The Balaban J connectivity index is 2.05. The predicted molar refractivity (Wildman–Crippen MR) is 73.2 cm³/mol. The van der Waals surface area contributed by atoms with Gasteiger partial charge in [0.25, 0.3) is 0 Å². The van der Waals surface area contributed by atoms with E-state index in [1.807, 2.05) is 35.8 Å². The van der Waals surface area contributed by atoms with E-state index in [0.717, 1.165) is 16.5 Å². The maximum atomic E-state index is 11.2. The molecule has 1 aromatic carbocycles. The largest absolute Gasteiger partial charge is 0.361 e. The summed E-state index contributed by atoms with van der Waals surface area (Å²) in [5.41, 5.74) is 2.19. The lowest BCUT2D eigenvalue weighted by Gasteiger charge is -2.12. The first-order chi connectivity index (χ1) is 8.70. The zero-order valence-electron chi connectivity index (χ0n) is 9.64. The summed E-state index contributed by atoms with van der Waals surface area (Å²) < 4.78 is 0. The minimum absolute atomic E-state index is 0.135. The summed E-state index contributed by atoms with van der Waals surface area (Å²) in [6, 6.07) is 7.48. The Morgan fingerprint density at radius 2 is 2.22 bits per heavy atom. The van der Waals surface area contributed by atoms with Crippen LogP contribution >= 0.6 is 9.24 Å². The minimum atomic E-state index is -0.496. The van der Waals surface area contributed by atoms with Crippen molar-refractivity contribution >= 4 is 32.6 Å². The molecule has 1 aromatic heterocycles. The summed E-state index contributed by atoms with van der Waals surface area (Å²) in [7, 11) is 2.54. The number of carbonyl (C=O) groups excluding carboxylic acids is 2. The summed E-state index contributed by atoms with van der Waals surface area (Å²) >= 11 is 0. The highest BCUT2D eigenvalue weighted by molar-refractivity contribution is 7.17. The van der Waals surface area contributed by atoms with Crippen molar-refractivity contribution in [3.8, 4) is 0 Å². The molecule has 0 aliphatic heterocycles. The van der Waals surface area contributed by atoms with Crippen LogP contribution in [0.3, 0.4) is 0 Å². The van der Waals surface area contributed by atoms with Crippen molar-refractivity contribution in [2.45, 2.75) is 12.2 Å². The molecule has 6 heteroatoms. The maximum Gasteiger partial charge on any atom is 0.321 e. The lowest BCUT2D eigenvalue weighted by atomic mass is 10.1. The van der Waals surface area contributed by atoms with Crippen molar-refractivity contribution in [2.24, 2.45) is 0 Å².